The van der Waals surface area contributed by atoms with E-state index < -0.39 is 6.04 Å². The van der Waals surface area contributed by atoms with Crippen molar-refractivity contribution in [1.82, 2.24) is 14.8 Å². The number of aromatic amines is 1. The highest BCUT2D eigenvalue weighted by Gasteiger charge is 2.48. The lowest BCUT2D eigenvalue weighted by Gasteiger charge is -2.47. The predicted octanol–water partition coefficient (Wildman–Crippen LogP) is 5.01. The second-order valence-electron chi connectivity index (χ2n) is 9.22. The molecule has 170 valence electrons. The van der Waals surface area contributed by atoms with Gasteiger partial charge in [-0.3, -0.25) is 9.59 Å². The summed E-state index contributed by atoms with van der Waals surface area (Å²) in [6.45, 7) is 2.54. The third-order valence-corrected chi connectivity index (χ3v) is 7.27. The van der Waals surface area contributed by atoms with E-state index in [1.165, 1.54) is 5.56 Å². The summed E-state index contributed by atoms with van der Waals surface area (Å²) < 4.78 is 0. The second-order valence-corrected chi connectivity index (χ2v) is 9.65. The molecule has 1 fully saturated rings. The Balaban J connectivity index is 1.44. The van der Waals surface area contributed by atoms with Gasteiger partial charge in [0.2, 0.25) is 11.8 Å². The average Bonchev–Trinajstić information content (AvgIpc) is 3.21. The first-order valence-corrected chi connectivity index (χ1v) is 11.9. The molecule has 6 rings (SSSR count). The number of carbonyl (C=O) groups is 2. The lowest BCUT2D eigenvalue weighted by Crippen LogP contribution is -2.62. The van der Waals surface area contributed by atoms with Crippen molar-refractivity contribution in [2.24, 2.45) is 0 Å². The molecule has 1 N–H and O–H groups in total. The van der Waals surface area contributed by atoms with Crippen molar-refractivity contribution in [2.45, 2.75) is 32.0 Å². The lowest BCUT2D eigenvalue weighted by atomic mass is 9.86. The van der Waals surface area contributed by atoms with E-state index in [9.17, 15) is 9.59 Å². The molecule has 2 amide bonds. The third kappa shape index (κ3) is 3.39. The van der Waals surface area contributed by atoms with Crippen LogP contribution in [0.15, 0.2) is 72.8 Å². The zero-order valence-corrected chi connectivity index (χ0v) is 19.5. The maximum absolute atomic E-state index is 13.8. The van der Waals surface area contributed by atoms with Crippen LogP contribution < -0.4 is 0 Å². The number of aryl methyl sites for hydroxylation is 1. The van der Waals surface area contributed by atoms with Crippen LogP contribution in [0.2, 0.25) is 5.02 Å². The van der Waals surface area contributed by atoms with E-state index in [-0.39, 0.29) is 24.4 Å². The molecule has 2 atom stereocenters. The van der Waals surface area contributed by atoms with Crippen molar-refractivity contribution in [1.29, 1.82) is 0 Å². The van der Waals surface area contributed by atoms with Crippen molar-refractivity contribution in [3.8, 4) is 0 Å². The highest BCUT2D eigenvalue weighted by atomic mass is 35.5. The smallest absolute Gasteiger partial charge is 0.246 e. The summed E-state index contributed by atoms with van der Waals surface area (Å²) in [5.74, 6) is -0.0453. The summed E-state index contributed by atoms with van der Waals surface area (Å²) in [6.07, 6.45) is 0.498. The van der Waals surface area contributed by atoms with E-state index in [1.54, 1.807) is 9.80 Å². The monoisotopic (exact) mass is 469 g/mol. The lowest BCUT2D eigenvalue weighted by molar-refractivity contribution is -0.159. The molecular weight excluding hydrogens is 446 g/mol. The number of fused-ring (bicyclic) bond motifs is 4. The van der Waals surface area contributed by atoms with Crippen LogP contribution in [0.4, 0.5) is 0 Å². The number of rotatable bonds is 3. The van der Waals surface area contributed by atoms with Gasteiger partial charge in [0.15, 0.2) is 0 Å². The SMILES string of the molecule is Cc1ccc(CN2CC(=O)N3C(c4ccc(Cl)cc4)c4[nH]c5ccccc5c4C[C@H]3C2=O)cc1. The van der Waals surface area contributed by atoms with Gasteiger partial charge in [-0.05, 0) is 41.8 Å². The number of carbonyl (C=O) groups excluding carboxylic acids is 2. The minimum Gasteiger partial charge on any atom is -0.356 e. The number of hydrogen-bond donors (Lipinski definition) is 1. The summed E-state index contributed by atoms with van der Waals surface area (Å²) in [6, 6.07) is 22.9. The van der Waals surface area contributed by atoms with Crippen molar-refractivity contribution < 1.29 is 9.59 Å². The highest BCUT2D eigenvalue weighted by molar-refractivity contribution is 6.30. The van der Waals surface area contributed by atoms with Gasteiger partial charge in [-0.15, -0.1) is 0 Å². The molecule has 3 heterocycles. The van der Waals surface area contributed by atoms with Crippen molar-refractivity contribution in [2.75, 3.05) is 6.54 Å². The van der Waals surface area contributed by atoms with Crippen molar-refractivity contribution in [3.63, 3.8) is 0 Å². The van der Waals surface area contributed by atoms with E-state index >= 15 is 0 Å². The number of halogens is 1. The summed E-state index contributed by atoms with van der Waals surface area (Å²) in [5, 5.41) is 1.74. The largest absolute Gasteiger partial charge is 0.356 e. The van der Waals surface area contributed by atoms with Gasteiger partial charge in [0.05, 0.1) is 6.04 Å². The highest BCUT2D eigenvalue weighted by Crippen LogP contribution is 2.42. The Bertz CT molecular complexity index is 1410. The van der Waals surface area contributed by atoms with E-state index in [2.05, 4.69) is 11.1 Å². The molecular formula is C28H24ClN3O2. The van der Waals surface area contributed by atoms with Crippen LogP contribution in [0.1, 0.15) is 34.0 Å². The first-order chi connectivity index (χ1) is 16.5. The van der Waals surface area contributed by atoms with E-state index in [0.29, 0.717) is 18.0 Å². The van der Waals surface area contributed by atoms with Crippen molar-refractivity contribution in [3.05, 3.63) is 106 Å². The van der Waals surface area contributed by atoms with Crippen LogP contribution in [0.25, 0.3) is 10.9 Å². The molecule has 5 nitrogen and oxygen atoms in total. The number of hydrogen-bond acceptors (Lipinski definition) is 2. The Morgan fingerprint density at radius 3 is 2.47 bits per heavy atom. The molecule has 2 aliphatic rings. The molecule has 0 spiro atoms. The number of H-pyrrole nitrogens is 1. The van der Waals surface area contributed by atoms with Crippen LogP contribution in [-0.4, -0.2) is 39.2 Å². The number of para-hydroxylation sites is 1. The van der Waals surface area contributed by atoms with Gasteiger partial charge in [-0.2, -0.15) is 0 Å². The maximum Gasteiger partial charge on any atom is 0.246 e. The molecule has 34 heavy (non-hydrogen) atoms. The topological polar surface area (TPSA) is 56.4 Å². The minimum absolute atomic E-state index is 0.00457. The Hall–Kier alpha value is -3.57. The second kappa shape index (κ2) is 8.03. The van der Waals surface area contributed by atoms with Gasteiger partial charge >= 0.3 is 0 Å². The molecule has 0 radical (unpaired) electrons. The fourth-order valence-electron chi connectivity index (χ4n) is 5.36. The quantitative estimate of drug-likeness (QED) is 0.458. The summed E-state index contributed by atoms with van der Waals surface area (Å²) in [4.78, 5) is 34.4. The molecule has 6 heteroatoms. The minimum atomic E-state index is -0.543. The summed E-state index contributed by atoms with van der Waals surface area (Å²) in [7, 11) is 0. The Morgan fingerprint density at radius 2 is 1.71 bits per heavy atom. The Kier molecular flexibility index (Phi) is 4.96. The number of benzene rings is 3. The van der Waals surface area contributed by atoms with Gasteiger partial charge in [0, 0.05) is 34.6 Å². The van der Waals surface area contributed by atoms with E-state index in [1.807, 2.05) is 73.7 Å². The number of piperazine rings is 1. The molecule has 0 saturated carbocycles. The number of aromatic nitrogens is 1. The molecule has 1 aromatic heterocycles. The fourth-order valence-corrected chi connectivity index (χ4v) is 5.49. The number of nitrogens with one attached hydrogen (secondary N) is 1. The first-order valence-electron chi connectivity index (χ1n) is 11.5. The van der Waals surface area contributed by atoms with E-state index in [0.717, 1.165) is 33.3 Å². The van der Waals surface area contributed by atoms with Crippen LogP contribution in [0.3, 0.4) is 0 Å². The van der Waals surface area contributed by atoms with Crippen LogP contribution in [0, 0.1) is 6.92 Å². The molecule has 4 aromatic rings. The van der Waals surface area contributed by atoms with Gasteiger partial charge in [0.1, 0.15) is 12.6 Å². The van der Waals surface area contributed by atoms with Crippen LogP contribution >= 0.6 is 11.6 Å². The standard InChI is InChI=1S/C28H24ClN3O2/c1-17-6-8-18(9-7-17)15-31-16-25(33)32-24(28(31)34)14-22-21-4-2-3-5-23(21)30-26(22)27(32)19-10-12-20(29)13-11-19/h2-13,24,27,30H,14-16H2,1H3/t24-,27?/m0/s1. The molecule has 0 aliphatic carbocycles. The fraction of sp³-hybridized carbons (Fsp3) is 0.214. The molecule has 2 aliphatic heterocycles. The predicted molar refractivity (Wildman–Crippen MR) is 133 cm³/mol. The molecule has 0 bridgehead atoms. The Labute approximate surface area is 202 Å². The maximum atomic E-state index is 13.8. The normalized spacial score (nSPS) is 19.9. The van der Waals surface area contributed by atoms with Gasteiger partial charge < -0.3 is 14.8 Å². The van der Waals surface area contributed by atoms with E-state index in [4.69, 9.17) is 11.6 Å². The summed E-state index contributed by atoms with van der Waals surface area (Å²) in [5.41, 5.74) is 6.24. The number of amides is 2. The van der Waals surface area contributed by atoms with Crippen molar-refractivity contribution >= 4 is 34.3 Å². The van der Waals surface area contributed by atoms with Gasteiger partial charge in [-0.25, -0.2) is 0 Å². The van der Waals surface area contributed by atoms with Crippen LogP contribution in [0.5, 0.6) is 0 Å². The molecule has 3 aromatic carbocycles. The average molecular weight is 470 g/mol. The first kappa shape index (κ1) is 21.0. The molecule has 1 unspecified atom stereocenters. The third-order valence-electron chi connectivity index (χ3n) is 7.02. The van der Waals surface area contributed by atoms with Crippen LogP contribution in [-0.2, 0) is 22.6 Å². The van der Waals surface area contributed by atoms with Gasteiger partial charge in [0.25, 0.3) is 0 Å². The zero-order valence-electron chi connectivity index (χ0n) is 18.8. The van der Waals surface area contributed by atoms with Gasteiger partial charge in [-0.1, -0.05) is 71.8 Å². The number of nitrogens with zero attached hydrogens (tertiary/aromatic N) is 2. The zero-order chi connectivity index (χ0) is 23.4. The summed E-state index contributed by atoms with van der Waals surface area (Å²) >= 11 is 6.16. The molecule has 1 saturated heterocycles. The Morgan fingerprint density at radius 1 is 0.971 bits per heavy atom.